The molecule has 0 spiro atoms. The van der Waals surface area contributed by atoms with Gasteiger partial charge in [-0.3, -0.25) is 0 Å². The summed E-state index contributed by atoms with van der Waals surface area (Å²) in [5.41, 5.74) is 1.53. The highest BCUT2D eigenvalue weighted by molar-refractivity contribution is 5.31. The molecule has 23 heavy (non-hydrogen) atoms. The lowest BCUT2D eigenvalue weighted by molar-refractivity contribution is 0.0758. The Morgan fingerprint density at radius 1 is 0.957 bits per heavy atom. The lowest BCUT2D eigenvalue weighted by Gasteiger charge is -2.19. The average molecular weight is 319 g/mol. The number of hydrogen-bond donors (Lipinski definition) is 0. The summed E-state index contributed by atoms with van der Waals surface area (Å²) in [6.07, 6.45) is 9.40. The molecule has 1 aromatic rings. The second-order valence-electron chi connectivity index (χ2n) is 7.33. The summed E-state index contributed by atoms with van der Waals surface area (Å²) in [6.45, 7) is 12.4. The van der Waals surface area contributed by atoms with Gasteiger partial charge in [-0.05, 0) is 56.2 Å². The molecule has 0 atom stereocenters. The van der Waals surface area contributed by atoms with Crippen molar-refractivity contribution in [3.8, 4) is 5.75 Å². The maximum absolute atomic E-state index is 5.74. The molecule has 0 amide bonds. The SMILES string of the molecule is CC(C)OCCCCCC=CCOc1ccc(C(C)(C)C)cc1. The normalized spacial score (nSPS) is 12.3. The highest BCUT2D eigenvalue weighted by atomic mass is 16.5. The van der Waals surface area contributed by atoms with Gasteiger partial charge in [-0.2, -0.15) is 0 Å². The van der Waals surface area contributed by atoms with Crippen LogP contribution in [0.25, 0.3) is 0 Å². The van der Waals surface area contributed by atoms with Crippen molar-refractivity contribution in [2.75, 3.05) is 13.2 Å². The van der Waals surface area contributed by atoms with Crippen LogP contribution in [0.5, 0.6) is 5.75 Å². The van der Waals surface area contributed by atoms with Gasteiger partial charge < -0.3 is 9.47 Å². The predicted molar refractivity (Wildman–Crippen MR) is 99.3 cm³/mol. The molecule has 0 unspecified atom stereocenters. The lowest BCUT2D eigenvalue weighted by Crippen LogP contribution is -2.10. The van der Waals surface area contributed by atoms with Gasteiger partial charge >= 0.3 is 0 Å². The van der Waals surface area contributed by atoms with Crippen LogP contribution in [-0.2, 0) is 10.2 Å². The Labute approximate surface area is 142 Å². The largest absolute Gasteiger partial charge is 0.490 e. The molecule has 0 heterocycles. The van der Waals surface area contributed by atoms with Crippen LogP contribution in [0.1, 0.15) is 65.9 Å². The molecule has 0 saturated carbocycles. The molecule has 0 fully saturated rings. The zero-order valence-electron chi connectivity index (χ0n) is 15.6. The molecule has 2 nitrogen and oxygen atoms in total. The number of hydrogen-bond acceptors (Lipinski definition) is 2. The molecule has 0 aliphatic carbocycles. The first kappa shape index (κ1) is 19.8. The van der Waals surface area contributed by atoms with Crippen molar-refractivity contribution in [1.82, 2.24) is 0 Å². The van der Waals surface area contributed by atoms with E-state index in [0.29, 0.717) is 12.7 Å². The number of benzene rings is 1. The number of allylic oxidation sites excluding steroid dienone is 1. The number of ether oxygens (including phenoxy) is 2. The molecule has 1 rings (SSSR count). The Morgan fingerprint density at radius 2 is 1.65 bits per heavy atom. The molecule has 130 valence electrons. The first-order valence-electron chi connectivity index (χ1n) is 8.89. The van der Waals surface area contributed by atoms with E-state index in [1.165, 1.54) is 18.4 Å². The van der Waals surface area contributed by atoms with E-state index < -0.39 is 0 Å². The summed E-state index contributed by atoms with van der Waals surface area (Å²) in [5, 5.41) is 0. The summed E-state index contributed by atoms with van der Waals surface area (Å²) in [5.74, 6) is 0.938. The molecule has 0 saturated heterocycles. The Balaban J connectivity index is 2.10. The lowest BCUT2D eigenvalue weighted by atomic mass is 9.87. The maximum Gasteiger partial charge on any atom is 0.119 e. The highest BCUT2D eigenvalue weighted by Crippen LogP contribution is 2.24. The van der Waals surface area contributed by atoms with Crippen LogP contribution in [0.2, 0.25) is 0 Å². The Hall–Kier alpha value is -1.28. The standard InChI is InChI=1S/C21H34O2/c1-18(2)22-16-10-8-6-7-9-11-17-23-20-14-12-19(13-15-20)21(3,4)5/h9,11-15,18H,6-8,10,16-17H2,1-5H3. The molecule has 1 aromatic carbocycles. The van der Waals surface area contributed by atoms with E-state index in [1.807, 2.05) is 0 Å². The van der Waals surface area contributed by atoms with Crippen molar-refractivity contribution >= 4 is 0 Å². The van der Waals surface area contributed by atoms with E-state index in [1.54, 1.807) is 0 Å². The van der Waals surface area contributed by atoms with Gasteiger partial charge in [0.15, 0.2) is 0 Å². The first-order valence-corrected chi connectivity index (χ1v) is 8.89. The maximum atomic E-state index is 5.74. The quantitative estimate of drug-likeness (QED) is 0.395. The van der Waals surface area contributed by atoms with Crippen LogP contribution in [0.4, 0.5) is 0 Å². The van der Waals surface area contributed by atoms with Crippen molar-refractivity contribution < 1.29 is 9.47 Å². The van der Waals surface area contributed by atoms with Crippen LogP contribution in [-0.4, -0.2) is 19.3 Å². The minimum absolute atomic E-state index is 0.193. The Bertz CT molecular complexity index is 438. The van der Waals surface area contributed by atoms with Crippen LogP contribution in [0.15, 0.2) is 36.4 Å². The van der Waals surface area contributed by atoms with Gasteiger partial charge in [0.05, 0.1) is 6.10 Å². The monoisotopic (exact) mass is 318 g/mol. The third-order valence-electron chi connectivity index (χ3n) is 3.70. The van der Waals surface area contributed by atoms with E-state index in [0.717, 1.165) is 25.2 Å². The van der Waals surface area contributed by atoms with Crippen molar-refractivity contribution in [1.29, 1.82) is 0 Å². The van der Waals surface area contributed by atoms with E-state index in [4.69, 9.17) is 9.47 Å². The van der Waals surface area contributed by atoms with Gasteiger partial charge in [0.2, 0.25) is 0 Å². The molecular weight excluding hydrogens is 284 g/mol. The van der Waals surface area contributed by atoms with Gasteiger partial charge in [-0.15, -0.1) is 0 Å². The summed E-state index contributed by atoms with van der Waals surface area (Å²) in [7, 11) is 0. The minimum atomic E-state index is 0.193. The van der Waals surface area contributed by atoms with Gasteiger partial charge in [-0.1, -0.05) is 51.5 Å². The molecule has 0 aliphatic heterocycles. The van der Waals surface area contributed by atoms with Crippen LogP contribution < -0.4 is 4.74 Å². The fourth-order valence-corrected chi connectivity index (χ4v) is 2.24. The van der Waals surface area contributed by atoms with E-state index >= 15 is 0 Å². The molecule has 0 aromatic heterocycles. The van der Waals surface area contributed by atoms with E-state index in [2.05, 4.69) is 71.0 Å². The third kappa shape index (κ3) is 9.45. The van der Waals surface area contributed by atoms with E-state index in [9.17, 15) is 0 Å². The van der Waals surface area contributed by atoms with Gasteiger partial charge in [0.25, 0.3) is 0 Å². The number of rotatable bonds is 10. The fourth-order valence-electron chi connectivity index (χ4n) is 2.24. The molecule has 2 heteroatoms. The molecule has 0 bridgehead atoms. The fraction of sp³-hybridized carbons (Fsp3) is 0.619. The van der Waals surface area contributed by atoms with E-state index in [-0.39, 0.29) is 5.41 Å². The van der Waals surface area contributed by atoms with Gasteiger partial charge in [0, 0.05) is 6.61 Å². The van der Waals surface area contributed by atoms with Crippen LogP contribution in [0.3, 0.4) is 0 Å². The summed E-state index contributed by atoms with van der Waals surface area (Å²) < 4.78 is 11.3. The minimum Gasteiger partial charge on any atom is -0.490 e. The second-order valence-corrected chi connectivity index (χ2v) is 7.33. The van der Waals surface area contributed by atoms with Crippen molar-refractivity contribution in [3.63, 3.8) is 0 Å². The predicted octanol–water partition coefficient (Wildman–Crippen LogP) is 5.90. The summed E-state index contributed by atoms with van der Waals surface area (Å²) in [6, 6.07) is 8.42. The molecule has 0 aliphatic rings. The Morgan fingerprint density at radius 3 is 2.26 bits per heavy atom. The van der Waals surface area contributed by atoms with Crippen molar-refractivity contribution in [2.24, 2.45) is 0 Å². The zero-order valence-corrected chi connectivity index (χ0v) is 15.6. The Kier molecular flexibility index (Phi) is 9.01. The smallest absolute Gasteiger partial charge is 0.119 e. The summed E-state index contributed by atoms with van der Waals surface area (Å²) in [4.78, 5) is 0. The average Bonchev–Trinajstić information content (AvgIpc) is 2.48. The number of unbranched alkanes of at least 4 members (excludes halogenated alkanes) is 3. The molecular formula is C21H34O2. The zero-order chi connectivity index (χ0) is 17.1. The van der Waals surface area contributed by atoms with Gasteiger partial charge in [-0.25, -0.2) is 0 Å². The third-order valence-corrected chi connectivity index (χ3v) is 3.70. The molecule has 0 radical (unpaired) electrons. The topological polar surface area (TPSA) is 18.5 Å². The van der Waals surface area contributed by atoms with Gasteiger partial charge in [0.1, 0.15) is 12.4 Å². The van der Waals surface area contributed by atoms with Crippen molar-refractivity contribution in [3.05, 3.63) is 42.0 Å². The second kappa shape index (κ2) is 10.5. The first-order chi connectivity index (χ1) is 10.9. The highest BCUT2D eigenvalue weighted by Gasteiger charge is 2.12. The van der Waals surface area contributed by atoms with Crippen molar-refractivity contribution in [2.45, 2.75) is 71.8 Å². The summed E-state index contributed by atoms with van der Waals surface area (Å²) >= 11 is 0. The molecule has 0 N–H and O–H groups in total. The van der Waals surface area contributed by atoms with Crippen LogP contribution in [0, 0.1) is 0 Å². The van der Waals surface area contributed by atoms with Crippen LogP contribution >= 0.6 is 0 Å².